The van der Waals surface area contributed by atoms with Crippen molar-refractivity contribution < 1.29 is 34.5 Å². The molecule has 0 bridgehead atoms. The molecule has 12 nitrogen and oxygen atoms in total. The Kier molecular flexibility index (Phi) is 7.67. The minimum Gasteiger partial charge on any atom is -0.508 e. The van der Waals surface area contributed by atoms with Gasteiger partial charge in [-0.15, -0.1) is 23.5 Å². The Morgan fingerprint density at radius 3 is 2.21 bits per heavy atom. The molecule has 3 saturated heterocycles. The van der Waals surface area contributed by atoms with Crippen LogP contribution in [0.3, 0.4) is 0 Å². The number of nitrogens with zero attached hydrogens (tertiary/aromatic N) is 1. The Morgan fingerprint density at radius 2 is 1.66 bits per heavy atom. The number of benzene rings is 1. The van der Waals surface area contributed by atoms with Crippen LogP contribution >= 0.6 is 23.5 Å². The number of nitrogens with two attached hydrogens (primary N) is 1. The third-order valence-corrected chi connectivity index (χ3v) is 10.4. The minimum absolute atomic E-state index is 0.0137. The van der Waals surface area contributed by atoms with Crippen molar-refractivity contribution in [1.29, 1.82) is 0 Å². The molecule has 2 unspecified atom stereocenters. The van der Waals surface area contributed by atoms with Gasteiger partial charge in [-0.3, -0.25) is 29.4 Å². The van der Waals surface area contributed by atoms with Crippen LogP contribution in [-0.2, 0) is 19.2 Å². The lowest BCUT2D eigenvalue weighted by Gasteiger charge is -2.45. The first kappa shape index (κ1) is 28.5. The van der Waals surface area contributed by atoms with Crippen molar-refractivity contribution in [3.05, 3.63) is 29.8 Å². The molecule has 2 amide bonds. The molecule has 3 aliphatic rings. The summed E-state index contributed by atoms with van der Waals surface area (Å²) in [5, 5.41) is 36.5. The van der Waals surface area contributed by atoms with Crippen molar-refractivity contribution in [3.63, 3.8) is 0 Å². The maximum atomic E-state index is 13.6. The predicted octanol–water partition coefficient (Wildman–Crippen LogP) is -0.124. The number of amides is 2. The van der Waals surface area contributed by atoms with E-state index in [0.717, 1.165) is 0 Å². The quantitative estimate of drug-likeness (QED) is 0.220. The third-order valence-electron chi connectivity index (χ3n) is 7.18. The molecule has 1 aromatic carbocycles. The molecule has 3 fully saturated rings. The Labute approximate surface area is 228 Å². The standard InChI is InChI=1S/C24H33N5O7S2/c1-23(2)15(21(33)34)28-19(37-23)14(27-17(31)13(25)10-5-7-11(30)8-6-10)18(32)26-12-9-29-16(22(35)36)24(3,4)38-20(12)29/h5-8,12-16,19-20,28,30H,9,25H2,1-4H3,(H,26,32)(H,27,31)(H,33,34)(H,35,36)/t12-,13-,14?,15+,16+,19?,20-/m1/s1. The first-order valence-corrected chi connectivity index (χ1v) is 13.9. The summed E-state index contributed by atoms with van der Waals surface area (Å²) < 4.78 is -1.33. The lowest BCUT2D eigenvalue weighted by atomic mass is 9.96. The summed E-state index contributed by atoms with van der Waals surface area (Å²) in [7, 11) is 0. The molecule has 3 aliphatic heterocycles. The maximum absolute atomic E-state index is 13.6. The molecular formula is C24H33N5O7S2. The Hall–Kier alpha value is -2.52. The SMILES string of the molecule is CC1(C)S[C@@H]2[C@H](NC(=O)C(NC(=O)[C@H](N)c3ccc(O)cc3)C3N[C@@H](C(=O)O)C(C)(C)S3)CN2[C@H]1C(=O)O. The molecule has 0 saturated carbocycles. The highest BCUT2D eigenvalue weighted by atomic mass is 32.2. The van der Waals surface area contributed by atoms with E-state index in [1.54, 1.807) is 13.8 Å². The minimum atomic E-state index is -1.16. The molecule has 208 valence electrons. The zero-order valence-corrected chi connectivity index (χ0v) is 23.0. The molecule has 0 radical (unpaired) electrons. The number of carboxylic acid groups (broad SMARTS) is 2. The van der Waals surface area contributed by atoms with Gasteiger partial charge in [0.1, 0.15) is 29.9 Å². The van der Waals surface area contributed by atoms with Gasteiger partial charge < -0.3 is 31.7 Å². The number of phenols is 1. The summed E-state index contributed by atoms with van der Waals surface area (Å²) >= 11 is 2.71. The van der Waals surface area contributed by atoms with Crippen molar-refractivity contribution >= 4 is 47.3 Å². The highest BCUT2D eigenvalue weighted by molar-refractivity contribution is 8.01. The van der Waals surface area contributed by atoms with Crippen molar-refractivity contribution in [2.75, 3.05) is 6.54 Å². The predicted molar refractivity (Wildman–Crippen MR) is 143 cm³/mol. The molecule has 0 spiro atoms. The zero-order valence-electron chi connectivity index (χ0n) is 21.4. The van der Waals surface area contributed by atoms with Crippen molar-refractivity contribution in [3.8, 4) is 5.75 Å². The van der Waals surface area contributed by atoms with Gasteiger partial charge in [0, 0.05) is 16.0 Å². The second-order valence-electron chi connectivity index (χ2n) is 10.8. The Balaban J connectivity index is 1.52. The van der Waals surface area contributed by atoms with E-state index >= 15 is 0 Å². The van der Waals surface area contributed by atoms with E-state index in [1.807, 2.05) is 18.7 Å². The summed E-state index contributed by atoms with van der Waals surface area (Å²) in [6.45, 7) is 7.54. The first-order chi connectivity index (χ1) is 17.6. The number of rotatable bonds is 8. The number of aliphatic carboxylic acids is 2. The summed E-state index contributed by atoms with van der Waals surface area (Å²) in [6, 6.07) is 1.50. The highest BCUT2D eigenvalue weighted by Crippen LogP contribution is 2.50. The fourth-order valence-corrected chi connectivity index (χ4v) is 8.34. The molecule has 0 aliphatic carbocycles. The zero-order chi connectivity index (χ0) is 28.2. The van der Waals surface area contributed by atoms with Gasteiger partial charge in [-0.1, -0.05) is 12.1 Å². The lowest BCUT2D eigenvalue weighted by molar-refractivity contribution is -0.147. The summed E-state index contributed by atoms with van der Waals surface area (Å²) in [5.41, 5.74) is 6.56. The topological polar surface area (TPSA) is 194 Å². The molecule has 0 aromatic heterocycles. The number of hydrogen-bond donors (Lipinski definition) is 7. The number of thioether (sulfide) groups is 2. The second kappa shape index (κ2) is 10.2. The summed E-state index contributed by atoms with van der Waals surface area (Å²) in [6.07, 6.45) is 0. The van der Waals surface area contributed by atoms with Crippen LogP contribution < -0.4 is 21.7 Å². The number of aromatic hydroxyl groups is 1. The average Bonchev–Trinajstić information content (AvgIpc) is 3.25. The van der Waals surface area contributed by atoms with Crippen LogP contribution in [0.5, 0.6) is 5.75 Å². The third kappa shape index (κ3) is 5.32. The molecule has 7 atom stereocenters. The second-order valence-corrected chi connectivity index (χ2v) is 14.4. The molecule has 38 heavy (non-hydrogen) atoms. The number of carbonyl (C=O) groups is 4. The van der Waals surface area contributed by atoms with E-state index in [1.165, 1.54) is 47.8 Å². The number of carbonyl (C=O) groups excluding carboxylic acids is 2. The lowest BCUT2D eigenvalue weighted by Crippen LogP contribution is -2.69. The number of fused-ring (bicyclic) bond motifs is 1. The van der Waals surface area contributed by atoms with Crippen LogP contribution in [0.4, 0.5) is 0 Å². The van der Waals surface area contributed by atoms with Gasteiger partial charge in [-0.25, -0.2) is 0 Å². The Morgan fingerprint density at radius 1 is 1.03 bits per heavy atom. The van der Waals surface area contributed by atoms with E-state index < -0.39 is 62.8 Å². The van der Waals surface area contributed by atoms with Gasteiger partial charge in [0.15, 0.2) is 0 Å². The largest absolute Gasteiger partial charge is 0.508 e. The van der Waals surface area contributed by atoms with Crippen molar-refractivity contribution in [1.82, 2.24) is 20.9 Å². The number of phenolic OH excluding ortho intramolecular Hbond substituents is 1. The monoisotopic (exact) mass is 567 g/mol. The van der Waals surface area contributed by atoms with Gasteiger partial charge in [-0.05, 0) is 45.4 Å². The van der Waals surface area contributed by atoms with E-state index in [9.17, 15) is 34.5 Å². The fraction of sp³-hybridized carbons (Fsp3) is 0.583. The number of carboxylic acids is 2. The van der Waals surface area contributed by atoms with Crippen molar-refractivity contribution in [2.45, 2.75) is 78.1 Å². The van der Waals surface area contributed by atoms with Crippen LogP contribution in [0.15, 0.2) is 24.3 Å². The molecule has 8 N–H and O–H groups in total. The van der Waals surface area contributed by atoms with Gasteiger partial charge in [0.05, 0.1) is 16.8 Å². The molecule has 4 rings (SSSR count). The van der Waals surface area contributed by atoms with E-state index in [2.05, 4.69) is 16.0 Å². The average molecular weight is 568 g/mol. The smallest absolute Gasteiger partial charge is 0.322 e. The maximum Gasteiger partial charge on any atom is 0.322 e. The van der Waals surface area contributed by atoms with Crippen LogP contribution in [0, 0.1) is 0 Å². The molecular weight excluding hydrogens is 534 g/mol. The van der Waals surface area contributed by atoms with Crippen LogP contribution in [0.2, 0.25) is 0 Å². The molecule has 14 heteroatoms. The number of nitrogens with one attached hydrogen (secondary N) is 3. The van der Waals surface area contributed by atoms with Crippen LogP contribution in [-0.4, -0.2) is 94.9 Å². The normalized spacial score (nSPS) is 30.9. The van der Waals surface area contributed by atoms with Gasteiger partial charge >= 0.3 is 11.9 Å². The highest BCUT2D eigenvalue weighted by Gasteiger charge is 2.60. The van der Waals surface area contributed by atoms with Crippen LogP contribution in [0.1, 0.15) is 39.3 Å². The first-order valence-electron chi connectivity index (χ1n) is 12.1. The molecule has 1 aromatic rings. The van der Waals surface area contributed by atoms with Gasteiger partial charge in [0.2, 0.25) is 11.8 Å². The molecule has 3 heterocycles. The van der Waals surface area contributed by atoms with E-state index in [0.29, 0.717) is 12.1 Å². The number of hydrogen-bond acceptors (Lipinski definition) is 10. The summed E-state index contributed by atoms with van der Waals surface area (Å²) in [5.74, 6) is -3.15. The van der Waals surface area contributed by atoms with Crippen molar-refractivity contribution in [2.24, 2.45) is 5.73 Å². The van der Waals surface area contributed by atoms with E-state index in [4.69, 9.17) is 5.73 Å². The summed E-state index contributed by atoms with van der Waals surface area (Å²) in [4.78, 5) is 52.2. The van der Waals surface area contributed by atoms with Gasteiger partial charge in [0.25, 0.3) is 0 Å². The van der Waals surface area contributed by atoms with Crippen LogP contribution in [0.25, 0.3) is 0 Å². The fourth-order valence-electron chi connectivity index (χ4n) is 5.20. The Bertz CT molecular complexity index is 1130. The van der Waals surface area contributed by atoms with Gasteiger partial charge in [-0.2, -0.15) is 0 Å². The van der Waals surface area contributed by atoms with E-state index in [-0.39, 0.29) is 17.2 Å².